The summed E-state index contributed by atoms with van der Waals surface area (Å²) < 4.78 is 5.89. The van der Waals surface area contributed by atoms with Crippen molar-refractivity contribution in [2.24, 2.45) is 5.73 Å². The van der Waals surface area contributed by atoms with Crippen molar-refractivity contribution in [3.8, 4) is 0 Å². The van der Waals surface area contributed by atoms with Gasteiger partial charge in [-0.2, -0.15) is 0 Å². The molecule has 1 saturated heterocycles. The van der Waals surface area contributed by atoms with E-state index in [9.17, 15) is 0 Å². The molecule has 1 aliphatic rings. The van der Waals surface area contributed by atoms with Gasteiger partial charge in [-0.15, -0.1) is 0 Å². The van der Waals surface area contributed by atoms with Crippen LogP contribution in [-0.4, -0.2) is 50.3 Å². The Morgan fingerprint density at radius 1 is 1.35 bits per heavy atom. The Morgan fingerprint density at radius 2 is 2.05 bits per heavy atom. The molecule has 2 rings (SSSR count). The Labute approximate surface area is 122 Å². The first-order valence-electron chi connectivity index (χ1n) is 7.46. The Hall–Kier alpha value is -1.10. The van der Waals surface area contributed by atoms with E-state index >= 15 is 0 Å². The molecule has 1 aromatic rings. The van der Waals surface area contributed by atoms with Crippen molar-refractivity contribution in [2.45, 2.75) is 32.5 Å². The van der Waals surface area contributed by atoms with Gasteiger partial charge >= 0.3 is 0 Å². The summed E-state index contributed by atoms with van der Waals surface area (Å²) in [6, 6.07) is 9.04. The lowest BCUT2D eigenvalue weighted by molar-refractivity contribution is -0.0338. The van der Waals surface area contributed by atoms with Crippen LogP contribution < -0.4 is 10.6 Å². The molecule has 0 saturated carbocycles. The zero-order valence-corrected chi connectivity index (χ0v) is 12.9. The van der Waals surface area contributed by atoms with Crippen molar-refractivity contribution in [3.63, 3.8) is 0 Å². The zero-order valence-electron chi connectivity index (χ0n) is 12.9. The average molecular weight is 277 g/mol. The largest absolute Gasteiger partial charge is 0.374 e. The average Bonchev–Trinajstić information content (AvgIpc) is 2.47. The van der Waals surface area contributed by atoms with Crippen LogP contribution in [-0.2, 0) is 11.3 Å². The number of nitrogens with zero attached hydrogens (tertiary/aromatic N) is 2. The molecular weight excluding hydrogens is 250 g/mol. The van der Waals surface area contributed by atoms with E-state index in [0.717, 1.165) is 26.2 Å². The van der Waals surface area contributed by atoms with Gasteiger partial charge in [0.25, 0.3) is 0 Å². The smallest absolute Gasteiger partial charge is 0.0877 e. The molecule has 1 heterocycles. The number of morpholine rings is 1. The summed E-state index contributed by atoms with van der Waals surface area (Å²) in [4.78, 5) is 4.74. The molecule has 1 unspecified atom stereocenters. The Morgan fingerprint density at radius 3 is 2.65 bits per heavy atom. The van der Waals surface area contributed by atoms with E-state index in [1.54, 1.807) is 0 Å². The Balaban J connectivity index is 1.91. The van der Waals surface area contributed by atoms with Crippen LogP contribution in [0.15, 0.2) is 24.3 Å². The van der Waals surface area contributed by atoms with Gasteiger partial charge in [0.2, 0.25) is 0 Å². The Bertz CT molecular complexity index is 405. The predicted molar refractivity (Wildman–Crippen MR) is 84.1 cm³/mol. The van der Waals surface area contributed by atoms with Gasteiger partial charge < -0.3 is 15.4 Å². The molecule has 4 nitrogen and oxygen atoms in total. The summed E-state index contributed by atoms with van der Waals surface area (Å²) in [5, 5.41) is 0. The van der Waals surface area contributed by atoms with E-state index in [1.165, 1.54) is 11.3 Å². The van der Waals surface area contributed by atoms with Crippen LogP contribution >= 0.6 is 0 Å². The highest BCUT2D eigenvalue weighted by atomic mass is 16.5. The maximum absolute atomic E-state index is 5.89. The summed E-state index contributed by atoms with van der Waals surface area (Å²) >= 11 is 0. The summed E-state index contributed by atoms with van der Waals surface area (Å²) in [5.41, 5.74) is 8.01. The van der Waals surface area contributed by atoms with Crippen LogP contribution in [0.3, 0.4) is 0 Å². The number of rotatable bonds is 5. The van der Waals surface area contributed by atoms with Crippen LogP contribution in [0.1, 0.15) is 19.4 Å². The first-order chi connectivity index (χ1) is 9.60. The van der Waals surface area contributed by atoms with E-state index in [1.807, 2.05) is 0 Å². The van der Waals surface area contributed by atoms with Gasteiger partial charge in [0.1, 0.15) is 0 Å². The molecule has 1 fully saturated rings. The molecule has 1 aromatic carbocycles. The monoisotopic (exact) mass is 277 g/mol. The molecule has 0 amide bonds. The topological polar surface area (TPSA) is 41.7 Å². The highest BCUT2D eigenvalue weighted by Gasteiger charge is 2.23. The van der Waals surface area contributed by atoms with Gasteiger partial charge in [-0.25, -0.2) is 0 Å². The standard InChI is InChI=1S/C16H27N3O/c1-13(2)19-8-9-20-16(12-19)11-18(3)15-6-4-14(10-17)5-7-15/h4-7,13,16H,8-12,17H2,1-3H3. The number of anilines is 1. The van der Waals surface area contributed by atoms with Gasteiger partial charge in [0.15, 0.2) is 0 Å². The minimum Gasteiger partial charge on any atom is -0.374 e. The van der Waals surface area contributed by atoms with Gasteiger partial charge in [-0.05, 0) is 31.5 Å². The molecule has 4 heteroatoms. The molecule has 0 aliphatic carbocycles. The number of nitrogens with two attached hydrogens (primary N) is 1. The molecule has 0 aromatic heterocycles. The highest BCUT2D eigenvalue weighted by Crippen LogP contribution is 2.16. The molecule has 1 aliphatic heterocycles. The Kier molecular flexibility index (Phi) is 5.40. The lowest BCUT2D eigenvalue weighted by Gasteiger charge is -2.37. The number of ether oxygens (including phenoxy) is 1. The van der Waals surface area contributed by atoms with E-state index < -0.39 is 0 Å². The molecule has 1 atom stereocenters. The fourth-order valence-electron chi connectivity index (χ4n) is 2.62. The van der Waals surface area contributed by atoms with Gasteiger partial charge in [-0.3, -0.25) is 4.90 Å². The van der Waals surface area contributed by atoms with Crippen molar-refractivity contribution in [1.29, 1.82) is 0 Å². The molecule has 2 N–H and O–H groups in total. The van der Waals surface area contributed by atoms with E-state index in [4.69, 9.17) is 10.5 Å². The number of benzene rings is 1. The second-order valence-corrected chi connectivity index (χ2v) is 5.83. The maximum Gasteiger partial charge on any atom is 0.0877 e. The van der Waals surface area contributed by atoms with E-state index in [-0.39, 0.29) is 6.10 Å². The third-order valence-electron chi connectivity index (χ3n) is 3.99. The second-order valence-electron chi connectivity index (χ2n) is 5.83. The molecule has 0 spiro atoms. The summed E-state index contributed by atoms with van der Waals surface area (Å²) in [6.07, 6.45) is 0.283. The van der Waals surface area contributed by atoms with E-state index in [2.05, 4.69) is 55.0 Å². The van der Waals surface area contributed by atoms with Gasteiger partial charge in [0, 0.05) is 45.0 Å². The summed E-state index contributed by atoms with van der Waals surface area (Å²) in [6.45, 7) is 8.91. The zero-order chi connectivity index (χ0) is 14.5. The number of likely N-dealkylation sites (N-methyl/N-ethyl adjacent to an activating group) is 1. The lowest BCUT2D eigenvalue weighted by atomic mass is 10.1. The first kappa shape index (κ1) is 15.3. The highest BCUT2D eigenvalue weighted by molar-refractivity contribution is 5.47. The van der Waals surface area contributed by atoms with Crippen LogP contribution in [0.25, 0.3) is 0 Å². The van der Waals surface area contributed by atoms with Crippen molar-refractivity contribution in [3.05, 3.63) is 29.8 Å². The van der Waals surface area contributed by atoms with Gasteiger partial charge in [-0.1, -0.05) is 12.1 Å². The fourth-order valence-corrected chi connectivity index (χ4v) is 2.62. The number of hydrogen-bond acceptors (Lipinski definition) is 4. The van der Waals surface area contributed by atoms with Crippen molar-refractivity contribution in [1.82, 2.24) is 4.90 Å². The molecule has 112 valence electrons. The van der Waals surface area contributed by atoms with Gasteiger partial charge in [0.05, 0.1) is 12.7 Å². The second kappa shape index (κ2) is 7.07. The maximum atomic E-state index is 5.89. The summed E-state index contributed by atoms with van der Waals surface area (Å²) in [7, 11) is 2.12. The van der Waals surface area contributed by atoms with Crippen molar-refractivity contribution < 1.29 is 4.74 Å². The van der Waals surface area contributed by atoms with Crippen molar-refractivity contribution >= 4 is 5.69 Å². The van der Waals surface area contributed by atoms with Crippen LogP contribution in [0.4, 0.5) is 5.69 Å². The molecule has 0 bridgehead atoms. The third kappa shape index (κ3) is 3.95. The lowest BCUT2D eigenvalue weighted by Crippen LogP contribution is -2.49. The van der Waals surface area contributed by atoms with Crippen LogP contribution in [0.2, 0.25) is 0 Å². The normalized spacial score (nSPS) is 20.4. The minimum absolute atomic E-state index is 0.283. The van der Waals surface area contributed by atoms with Crippen LogP contribution in [0, 0.1) is 0 Å². The van der Waals surface area contributed by atoms with Crippen molar-refractivity contribution in [2.75, 3.05) is 38.2 Å². The first-order valence-corrected chi connectivity index (χ1v) is 7.46. The van der Waals surface area contributed by atoms with E-state index in [0.29, 0.717) is 12.6 Å². The predicted octanol–water partition coefficient (Wildman–Crippen LogP) is 1.69. The molecule has 0 radical (unpaired) electrons. The molecule has 20 heavy (non-hydrogen) atoms. The fraction of sp³-hybridized carbons (Fsp3) is 0.625. The number of hydrogen-bond donors (Lipinski definition) is 1. The SMILES string of the molecule is CC(C)N1CCOC(CN(C)c2ccc(CN)cc2)C1. The third-order valence-corrected chi connectivity index (χ3v) is 3.99. The molecular formula is C16H27N3O. The summed E-state index contributed by atoms with van der Waals surface area (Å²) in [5.74, 6) is 0. The quantitative estimate of drug-likeness (QED) is 0.889. The minimum atomic E-state index is 0.283. The van der Waals surface area contributed by atoms with Crippen LogP contribution in [0.5, 0.6) is 0 Å².